The zero-order valence-electron chi connectivity index (χ0n) is 9.89. The molecule has 3 nitrogen and oxygen atoms in total. The molecule has 2 N–H and O–H groups in total. The second-order valence-corrected chi connectivity index (χ2v) is 4.14. The van der Waals surface area contributed by atoms with E-state index in [0.29, 0.717) is 12.1 Å². The molecule has 1 heterocycles. The van der Waals surface area contributed by atoms with E-state index in [0.717, 1.165) is 17.5 Å². The van der Waals surface area contributed by atoms with Crippen molar-refractivity contribution in [2.24, 2.45) is 5.73 Å². The van der Waals surface area contributed by atoms with Gasteiger partial charge >= 0.3 is 0 Å². The van der Waals surface area contributed by atoms with Crippen LogP contribution in [-0.2, 0) is 6.42 Å². The maximum atomic E-state index is 12.1. The molecule has 88 valence electrons. The molecule has 0 aliphatic carbocycles. The van der Waals surface area contributed by atoms with Gasteiger partial charge in [-0.1, -0.05) is 17.7 Å². The van der Waals surface area contributed by atoms with Gasteiger partial charge in [-0.3, -0.25) is 9.36 Å². The van der Waals surface area contributed by atoms with Crippen molar-refractivity contribution in [1.29, 1.82) is 0 Å². The predicted octanol–water partition coefficient (Wildman–Crippen LogP) is 1.99. The van der Waals surface area contributed by atoms with Crippen molar-refractivity contribution in [2.45, 2.75) is 13.3 Å². The quantitative estimate of drug-likeness (QED) is 0.873. The molecule has 3 heteroatoms. The average Bonchev–Trinajstić information content (AvgIpc) is 2.78. The second-order valence-electron chi connectivity index (χ2n) is 4.14. The van der Waals surface area contributed by atoms with Crippen LogP contribution in [0.25, 0.3) is 0 Å². The molecule has 0 radical (unpaired) electrons. The minimum absolute atomic E-state index is 0.00623. The van der Waals surface area contributed by atoms with Crippen molar-refractivity contribution >= 4 is 5.91 Å². The van der Waals surface area contributed by atoms with E-state index in [9.17, 15) is 4.79 Å². The van der Waals surface area contributed by atoms with Crippen molar-refractivity contribution in [3.63, 3.8) is 0 Å². The molecule has 1 aromatic heterocycles. The first-order valence-electron chi connectivity index (χ1n) is 5.69. The fraction of sp³-hybridized carbons (Fsp3) is 0.214. The number of benzene rings is 1. The largest absolute Gasteiger partial charge is 0.330 e. The molecule has 2 aromatic rings. The summed E-state index contributed by atoms with van der Waals surface area (Å²) in [7, 11) is 0. The Kier molecular flexibility index (Phi) is 3.40. The monoisotopic (exact) mass is 228 g/mol. The maximum Gasteiger partial charge on any atom is 0.261 e. The van der Waals surface area contributed by atoms with Gasteiger partial charge in [0.2, 0.25) is 0 Å². The van der Waals surface area contributed by atoms with Crippen molar-refractivity contribution in [2.75, 3.05) is 6.54 Å². The fourth-order valence-corrected chi connectivity index (χ4v) is 1.73. The van der Waals surface area contributed by atoms with Gasteiger partial charge < -0.3 is 5.73 Å². The van der Waals surface area contributed by atoms with Crippen LogP contribution in [0.15, 0.2) is 42.7 Å². The van der Waals surface area contributed by atoms with E-state index in [2.05, 4.69) is 0 Å². The maximum absolute atomic E-state index is 12.1. The predicted molar refractivity (Wildman–Crippen MR) is 68.1 cm³/mol. The normalized spacial score (nSPS) is 10.5. The molecule has 0 amide bonds. The summed E-state index contributed by atoms with van der Waals surface area (Å²) < 4.78 is 1.61. The van der Waals surface area contributed by atoms with Crippen LogP contribution in [0.5, 0.6) is 0 Å². The van der Waals surface area contributed by atoms with Gasteiger partial charge in [0.15, 0.2) is 0 Å². The Morgan fingerprint density at radius 1 is 1.24 bits per heavy atom. The summed E-state index contributed by atoms with van der Waals surface area (Å²) in [5, 5.41) is 0. The molecule has 0 fully saturated rings. The van der Waals surface area contributed by atoms with Gasteiger partial charge in [0.05, 0.1) is 0 Å². The summed E-state index contributed by atoms with van der Waals surface area (Å²) in [6, 6.07) is 9.51. The van der Waals surface area contributed by atoms with Crippen LogP contribution in [0.1, 0.15) is 21.5 Å². The summed E-state index contributed by atoms with van der Waals surface area (Å²) in [6.07, 6.45) is 4.43. The number of nitrogens with zero attached hydrogens (tertiary/aromatic N) is 1. The highest BCUT2D eigenvalue weighted by atomic mass is 16.2. The molecule has 0 saturated carbocycles. The first-order chi connectivity index (χ1) is 8.20. The Bertz CT molecular complexity index is 511. The number of hydrogen-bond donors (Lipinski definition) is 1. The minimum atomic E-state index is -0.00623. The van der Waals surface area contributed by atoms with Crippen molar-refractivity contribution in [3.8, 4) is 0 Å². The van der Waals surface area contributed by atoms with Gasteiger partial charge in [0.25, 0.3) is 5.91 Å². The lowest BCUT2D eigenvalue weighted by Gasteiger charge is -2.02. The molecule has 17 heavy (non-hydrogen) atoms. The average molecular weight is 228 g/mol. The Balaban J connectivity index is 2.21. The zero-order valence-corrected chi connectivity index (χ0v) is 9.89. The van der Waals surface area contributed by atoms with Gasteiger partial charge in [0.1, 0.15) is 0 Å². The van der Waals surface area contributed by atoms with E-state index in [1.807, 2.05) is 43.5 Å². The molecule has 0 spiro atoms. The van der Waals surface area contributed by atoms with Crippen molar-refractivity contribution in [1.82, 2.24) is 4.57 Å². The Labute approximate surface area is 101 Å². The minimum Gasteiger partial charge on any atom is -0.330 e. The van der Waals surface area contributed by atoms with Crippen LogP contribution in [0.3, 0.4) is 0 Å². The standard InChI is InChI=1S/C14H16N2O/c1-11-2-4-13(5-3-11)14(17)16-9-7-12(10-16)6-8-15/h2-5,7,9-10H,6,8,15H2,1H3. The number of carbonyl (C=O) groups excluding carboxylic acids is 1. The molecule has 0 atom stereocenters. The Morgan fingerprint density at radius 2 is 1.94 bits per heavy atom. The summed E-state index contributed by atoms with van der Waals surface area (Å²) in [5.74, 6) is -0.00623. The molecular formula is C14H16N2O. The zero-order chi connectivity index (χ0) is 12.3. The number of carbonyl (C=O) groups is 1. The molecule has 0 aliphatic rings. The molecule has 0 aliphatic heterocycles. The van der Waals surface area contributed by atoms with Gasteiger partial charge in [0, 0.05) is 18.0 Å². The number of aryl methyl sites for hydroxylation is 1. The highest BCUT2D eigenvalue weighted by Crippen LogP contribution is 2.08. The van der Waals surface area contributed by atoms with Crippen LogP contribution >= 0.6 is 0 Å². The summed E-state index contributed by atoms with van der Waals surface area (Å²) in [5.41, 5.74) is 8.42. The highest BCUT2D eigenvalue weighted by Gasteiger charge is 2.07. The first kappa shape index (κ1) is 11.6. The molecule has 2 rings (SSSR count). The van der Waals surface area contributed by atoms with E-state index in [4.69, 9.17) is 5.73 Å². The Hall–Kier alpha value is -1.87. The third kappa shape index (κ3) is 2.63. The van der Waals surface area contributed by atoms with E-state index in [1.165, 1.54) is 0 Å². The SMILES string of the molecule is Cc1ccc(C(=O)n2ccc(CCN)c2)cc1. The van der Waals surface area contributed by atoms with Crippen LogP contribution in [-0.4, -0.2) is 17.0 Å². The number of rotatable bonds is 3. The molecule has 0 bridgehead atoms. The highest BCUT2D eigenvalue weighted by molar-refractivity contribution is 5.96. The van der Waals surface area contributed by atoms with Gasteiger partial charge in [-0.05, 0) is 43.7 Å². The summed E-state index contributed by atoms with van der Waals surface area (Å²) in [6.45, 7) is 2.60. The number of nitrogens with two attached hydrogens (primary N) is 1. The fourth-order valence-electron chi connectivity index (χ4n) is 1.73. The summed E-state index contributed by atoms with van der Waals surface area (Å²) >= 11 is 0. The lowest BCUT2D eigenvalue weighted by atomic mass is 10.1. The number of hydrogen-bond acceptors (Lipinski definition) is 2. The third-order valence-corrected chi connectivity index (χ3v) is 2.72. The van der Waals surface area contributed by atoms with Crippen LogP contribution in [0, 0.1) is 6.92 Å². The third-order valence-electron chi connectivity index (χ3n) is 2.72. The van der Waals surface area contributed by atoms with Crippen LogP contribution in [0.2, 0.25) is 0 Å². The molecule has 1 aromatic carbocycles. The van der Waals surface area contributed by atoms with E-state index in [-0.39, 0.29) is 5.91 Å². The smallest absolute Gasteiger partial charge is 0.261 e. The van der Waals surface area contributed by atoms with Gasteiger partial charge in [-0.25, -0.2) is 0 Å². The molecular weight excluding hydrogens is 212 g/mol. The van der Waals surface area contributed by atoms with E-state index < -0.39 is 0 Å². The van der Waals surface area contributed by atoms with Crippen LogP contribution < -0.4 is 5.73 Å². The lowest BCUT2D eigenvalue weighted by Crippen LogP contribution is -2.09. The first-order valence-corrected chi connectivity index (χ1v) is 5.69. The van der Waals surface area contributed by atoms with Crippen molar-refractivity contribution in [3.05, 3.63) is 59.4 Å². The van der Waals surface area contributed by atoms with Gasteiger partial charge in [-0.2, -0.15) is 0 Å². The van der Waals surface area contributed by atoms with E-state index in [1.54, 1.807) is 10.8 Å². The Morgan fingerprint density at radius 3 is 2.59 bits per heavy atom. The number of aromatic nitrogens is 1. The second kappa shape index (κ2) is 4.97. The lowest BCUT2D eigenvalue weighted by molar-refractivity contribution is 0.0960. The topological polar surface area (TPSA) is 48.0 Å². The van der Waals surface area contributed by atoms with Gasteiger partial charge in [-0.15, -0.1) is 0 Å². The molecule has 0 saturated heterocycles. The summed E-state index contributed by atoms with van der Waals surface area (Å²) in [4.78, 5) is 12.1. The molecule has 0 unspecified atom stereocenters. The van der Waals surface area contributed by atoms with Crippen molar-refractivity contribution < 1.29 is 4.79 Å². The van der Waals surface area contributed by atoms with Crippen LogP contribution in [0.4, 0.5) is 0 Å². The van der Waals surface area contributed by atoms with E-state index >= 15 is 0 Å².